The van der Waals surface area contributed by atoms with E-state index in [1.807, 2.05) is 18.2 Å². The summed E-state index contributed by atoms with van der Waals surface area (Å²) < 4.78 is 7.77. The summed E-state index contributed by atoms with van der Waals surface area (Å²) in [6.07, 6.45) is 3.96. The number of ether oxygens (including phenoxy) is 1. The van der Waals surface area contributed by atoms with Gasteiger partial charge in [-0.05, 0) is 53.4 Å². The lowest BCUT2D eigenvalue weighted by atomic mass is 10.1. The Labute approximate surface area is 240 Å². The van der Waals surface area contributed by atoms with Crippen LogP contribution in [0.15, 0.2) is 29.0 Å². The summed E-state index contributed by atoms with van der Waals surface area (Å²) >= 11 is 3.52. The van der Waals surface area contributed by atoms with Gasteiger partial charge in [0.2, 0.25) is 17.8 Å². The standard InChI is InChI=1S/C27H30BrN9O3/c1-34-6-7-36(16-23(34)38)26(39)17-2-3-19(12-17)31-27-30-15-21-24(28)33-37(25(21)32-27)20-4-5-22(18(13-20)14-29)35-8-10-40-11-9-35/h4-5,13,15,17,19H,2-3,6-12,16H2,1H3,(H,30,31,32)/t17-,19-/m1/s1. The Balaban J connectivity index is 1.19. The van der Waals surface area contributed by atoms with E-state index in [1.165, 1.54) is 0 Å². The third-order valence-electron chi connectivity index (χ3n) is 7.96. The second kappa shape index (κ2) is 11.0. The molecule has 2 aromatic heterocycles. The summed E-state index contributed by atoms with van der Waals surface area (Å²) in [5.41, 5.74) is 2.78. The molecule has 3 aromatic rings. The second-order valence-corrected chi connectivity index (χ2v) is 11.2. The highest BCUT2D eigenvalue weighted by atomic mass is 79.9. The number of aromatic nitrogens is 4. The molecule has 4 heterocycles. The molecule has 3 aliphatic rings. The molecule has 0 spiro atoms. The molecule has 6 rings (SSSR count). The Hall–Kier alpha value is -3.76. The third-order valence-corrected chi connectivity index (χ3v) is 8.55. The smallest absolute Gasteiger partial charge is 0.241 e. The average Bonchev–Trinajstić information content (AvgIpc) is 3.58. The van der Waals surface area contributed by atoms with Gasteiger partial charge in [-0.1, -0.05) is 0 Å². The van der Waals surface area contributed by atoms with Gasteiger partial charge in [-0.15, -0.1) is 0 Å². The van der Waals surface area contributed by atoms with Crippen molar-refractivity contribution in [2.75, 3.05) is 63.2 Å². The SMILES string of the molecule is CN1CCN(C(=O)[C@@H]2CC[C@@H](Nc3ncc4c(Br)nn(-c5ccc(N6CCOCC6)c(C#N)c5)c4n3)C2)CC1=O. The number of nitrogens with one attached hydrogen (secondary N) is 1. The van der Waals surface area contributed by atoms with Gasteiger partial charge in [-0.2, -0.15) is 15.3 Å². The minimum absolute atomic E-state index is 0.0191. The highest BCUT2D eigenvalue weighted by Crippen LogP contribution is 2.31. The van der Waals surface area contributed by atoms with Crippen LogP contribution in [0.2, 0.25) is 0 Å². The highest BCUT2D eigenvalue weighted by molar-refractivity contribution is 9.10. The molecule has 3 fully saturated rings. The lowest BCUT2D eigenvalue weighted by Crippen LogP contribution is -2.52. The van der Waals surface area contributed by atoms with E-state index in [-0.39, 0.29) is 30.3 Å². The van der Waals surface area contributed by atoms with Crippen molar-refractivity contribution in [1.82, 2.24) is 29.5 Å². The summed E-state index contributed by atoms with van der Waals surface area (Å²) in [6.45, 7) is 4.07. The average molecular weight is 609 g/mol. The largest absolute Gasteiger partial charge is 0.378 e. The summed E-state index contributed by atoms with van der Waals surface area (Å²) in [4.78, 5) is 39.9. The number of rotatable bonds is 5. The van der Waals surface area contributed by atoms with Crippen molar-refractivity contribution >= 4 is 50.4 Å². The Morgan fingerprint density at radius 3 is 2.80 bits per heavy atom. The summed E-state index contributed by atoms with van der Waals surface area (Å²) in [6, 6.07) is 8.09. The van der Waals surface area contributed by atoms with E-state index in [9.17, 15) is 14.9 Å². The molecule has 12 nitrogen and oxygen atoms in total. The molecule has 2 amide bonds. The number of carbonyl (C=O) groups is 2. The van der Waals surface area contributed by atoms with E-state index >= 15 is 0 Å². The summed E-state index contributed by atoms with van der Waals surface area (Å²) in [5, 5.41) is 18.7. The molecule has 1 saturated carbocycles. The van der Waals surface area contributed by atoms with Crippen molar-refractivity contribution in [1.29, 1.82) is 5.26 Å². The number of nitriles is 1. The Bertz CT molecular complexity index is 1500. The molecular formula is C27H30BrN9O3. The van der Waals surface area contributed by atoms with Gasteiger partial charge in [-0.25, -0.2) is 9.67 Å². The number of morpholine rings is 1. The van der Waals surface area contributed by atoms with Gasteiger partial charge < -0.3 is 24.8 Å². The maximum atomic E-state index is 13.1. The number of piperazine rings is 1. The Kier molecular flexibility index (Phi) is 7.29. The van der Waals surface area contributed by atoms with Gasteiger partial charge in [0, 0.05) is 51.4 Å². The molecule has 1 N–H and O–H groups in total. The fraction of sp³-hybridized carbons (Fsp3) is 0.481. The molecule has 2 atom stereocenters. The van der Waals surface area contributed by atoms with Crippen molar-refractivity contribution in [2.45, 2.75) is 25.3 Å². The van der Waals surface area contributed by atoms with Crippen LogP contribution < -0.4 is 10.2 Å². The van der Waals surface area contributed by atoms with E-state index in [4.69, 9.17) is 9.72 Å². The minimum Gasteiger partial charge on any atom is -0.378 e. The number of benzene rings is 1. The predicted octanol–water partition coefficient (Wildman–Crippen LogP) is 2.17. The van der Waals surface area contributed by atoms with E-state index in [2.05, 4.69) is 42.3 Å². The lowest BCUT2D eigenvalue weighted by molar-refractivity contribution is -0.146. The number of halogens is 1. The first-order chi connectivity index (χ1) is 19.4. The Morgan fingerprint density at radius 1 is 1.20 bits per heavy atom. The minimum atomic E-state index is -0.119. The zero-order chi connectivity index (χ0) is 27.8. The van der Waals surface area contributed by atoms with E-state index in [1.54, 1.807) is 27.7 Å². The lowest BCUT2D eigenvalue weighted by Gasteiger charge is -2.33. The molecule has 1 aliphatic carbocycles. The van der Waals surface area contributed by atoms with Crippen LogP contribution in [0.4, 0.5) is 11.6 Å². The van der Waals surface area contributed by atoms with Gasteiger partial charge in [-0.3, -0.25) is 9.59 Å². The number of amides is 2. The molecule has 13 heteroatoms. The highest BCUT2D eigenvalue weighted by Gasteiger charge is 2.35. The van der Waals surface area contributed by atoms with Crippen LogP contribution in [0, 0.1) is 17.2 Å². The molecular weight excluding hydrogens is 578 g/mol. The first kappa shape index (κ1) is 26.5. The quantitative estimate of drug-likeness (QED) is 0.463. The topological polar surface area (TPSA) is 133 Å². The number of nitrogens with zero attached hydrogens (tertiary/aromatic N) is 8. The second-order valence-electron chi connectivity index (χ2n) is 10.5. The molecule has 208 valence electrons. The molecule has 0 unspecified atom stereocenters. The number of likely N-dealkylation sites (N-methyl/N-ethyl adjacent to an activating group) is 1. The monoisotopic (exact) mass is 607 g/mol. The zero-order valence-electron chi connectivity index (χ0n) is 22.2. The summed E-state index contributed by atoms with van der Waals surface area (Å²) in [5.74, 6) is 0.373. The number of carbonyl (C=O) groups excluding carboxylic acids is 2. The third kappa shape index (κ3) is 5.09. The maximum Gasteiger partial charge on any atom is 0.241 e. The Morgan fingerprint density at radius 2 is 2.02 bits per heavy atom. The molecule has 0 radical (unpaired) electrons. The molecule has 2 saturated heterocycles. The zero-order valence-corrected chi connectivity index (χ0v) is 23.8. The van der Waals surface area contributed by atoms with Gasteiger partial charge in [0.15, 0.2) is 5.65 Å². The molecule has 1 aromatic carbocycles. The van der Waals surface area contributed by atoms with Crippen LogP contribution in [0.3, 0.4) is 0 Å². The van der Waals surface area contributed by atoms with Crippen LogP contribution in [0.1, 0.15) is 24.8 Å². The summed E-state index contributed by atoms with van der Waals surface area (Å²) in [7, 11) is 1.77. The first-order valence-corrected chi connectivity index (χ1v) is 14.3. The molecule has 0 bridgehead atoms. The number of anilines is 2. The number of fused-ring (bicyclic) bond motifs is 1. The predicted molar refractivity (Wildman–Crippen MR) is 151 cm³/mol. The number of hydrogen-bond donors (Lipinski definition) is 1. The van der Waals surface area contributed by atoms with Crippen molar-refractivity contribution in [3.63, 3.8) is 0 Å². The van der Waals surface area contributed by atoms with Gasteiger partial charge in [0.25, 0.3) is 0 Å². The molecule has 40 heavy (non-hydrogen) atoms. The van der Waals surface area contributed by atoms with Gasteiger partial charge in [0.05, 0.1) is 42.1 Å². The van der Waals surface area contributed by atoms with Crippen molar-refractivity contribution in [2.24, 2.45) is 5.92 Å². The van der Waals surface area contributed by atoms with Gasteiger partial charge in [0.1, 0.15) is 10.7 Å². The van der Waals surface area contributed by atoms with E-state index < -0.39 is 0 Å². The fourth-order valence-electron chi connectivity index (χ4n) is 5.67. The maximum absolute atomic E-state index is 13.1. The first-order valence-electron chi connectivity index (χ1n) is 13.5. The normalized spacial score (nSPS) is 21.6. The molecule has 2 aliphatic heterocycles. The van der Waals surface area contributed by atoms with E-state index in [0.717, 1.165) is 42.7 Å². The van der Waals surface area contributed by atoms with Gasteiger partial charge >= 0.3 is 0 Å². The van der Waals surface area contributed by atoms with Crippen molar-refractivity contribution < 1.29 is 14.3 Å². The van der Waals surface area contributed by atoms with Crippen molar-refractivity contribution in [3.8, 4) is 11.8 Å². The van der Waals surface area contributed by atoms with Crippen LogP contribution >= 0.6 is 15.9 Å². The van der Waals surface area contributed by atoms with Crippen LogP contribution in [0.5, 0.6) is 0 Å². The van der Waals surface area contributed by atoms with Crippen LogP contribution in [-0.2, 0) is 14.3 Å². The van der Waals surface area contributed by atoms with Crippen molar-refractivity contribution in [3.05, 3.63) is 34.6 Å². The van der Waals surface area contributed by atoms with Crippen LogP contribution in [-0.4, -0.2) is 100 Å². The number of hydrogen-bond acceptors (Lipinski definition) is 9. The van der Waals surface area contributed by atoms with Crippen LogP contribution in [0.25, 0.3) is 16.7 Å². The van der Waals surface area contributed by atoms with E-state index in [0.29, 0.717) is 54.5 Å². The fourth-order valence-corrected chi connectivity index (χ4v) is 6.11.